The lowest BCUT2D eigenvalue weighted by molar-refractivity contribution is 0.0622. The number of piperidine rings is 1. The van der Waals surface area contributed by atoms with Gasteiger partial charge in [-0.2, -0.15) is 0 Å². The highest BCUT2D eigenvalue weighted by Crippen LogP contribution is 2.27. The highest BCUT2D eigenvalue weighted by Gasteiger charge is 2.29. The zero-order valence-electron chi connectivity index (χ0n) is 15.5. The maximum Gasteiger partial charge on any atom is 0.255 e. The molecule has 4 nitrogen and oxygen atoms in total. The number of nitrogens with two attached hydrogens (primary N) is 1. The molecule has 1 saturated heterocycles. The Morgan fingerprint density at radius 3 is 2.64 bits per heavy atom. The Morgan fingerprint density at radius 2 is 1.96 bits per heavy atom. The van der Waals surface area contributed by atoms with Crippen molar-refractivity contribution in [3.63, 3.8) is 0 Å². The molecule has 134 valence electrons. The highest BCUT2D eigenvalue weighted by molar-refractivity contribution is 5.96. The van der Waals surface area contributed by atoms with Crippen molar-refractivity contribution in [2.45, 2.75) is 52.1 Å². The second-order valence-corrected chi connectivity index (χ2v) is 7.13. The number of hydrogen-bond donors (Lipinski definition) is 1. The minimum Gasteiger partial charge on any atom is -0.341 e. The van der Waals surface area contributed by atoms with Crippen LogP contribution in [0.15, 0.2) is 36.4 Å². The van der Waals surface area contributed by atoms with Crippen molar-refractivity contribution in [2.75, 3.05) is 13.1 Å². The third-order valence-electron chi connectivity index (χ3n) is 5.54. The standard InChI is InChI=1S/C21H29N3O/c1-15-13-20(21(25)23-12-8-7-11-19(23)14-22)17(3)24(15)16(2)18-9-5-4-6-10-18/h4-6,9-10,13,16,19H,7-8,11-12,14,22H2,1-3H3. The largest absolute Gasteiger partial charge is 0.341 e. The first-order valence-corrected chi connectivity index (χ1v) is 9.29. The minimum absolute atomic E-state index is 0.134. The second-order valence-electron chi connectivity index (χ2n) is 7.13. The molecule has 0 saturated carbocycles. The van der Waals surface area contributed by atoms with Gasteiger partial charge >= 0.3 is 0 Å². The summed E-state index contributed by atoms with van der Waals surface area (Å²) >= 11 is 0. The van der Waals surface area contributed by atoms with Crippen molar-refractivity contribution in [2.24, 2.45) is 5.73 Å². The Labute approximate surface area is 150 Å². The molecule has 0 aliphatic carbocycles. The molecule has 2 aromatic rings. The zero-order chi connectivity index (χ0) is 18.0. The van der Waals surface area contributed by atoms with E-state index in [-0.39, 0.29) is 18.0 Å². The van der Waals surface area contributed by atoms with E-state index in [4.69, 9.17) is 5.73 Å². The summed E-state index contributed by atoms with van der Waals surface area (Å²) in [6.45, 7) is 7.69. The molecular weight excluding hydrogens is 310 g/mol. The van der Waals surface area contributed by atoms with E-state index >= 15 is 0 Å². The summed E-state index contributed by atoms with van der Waals surface area (Å²) in [6.07, 6.45) is 3.25. The molecule has 1 aromatic heterocycles. The molecule has 4 heteroatoms. The van der Waals surface area contributed by atoms with Gasteiger partial charge in [-0.1, -0.05) is 30.3 Å². The van der Waals surface area contributed by atoms with Crippen LogP contribution in [0.25, 0.3) is 0 Å². The molecule has 0 bridgehead atoms. The van der Waals surface area contributed by atoms with Gasteiger partial charge in [-0.25, -0.2) is 0 Å². The number of rotatable bonds is 4. The number of hydrogen-bond acceptors (Lipinski definition) is 2. The Morgan fingerprint density at radius 1 is 1.24 bits per heavy atom. The fraction of sp³-hybridized carbons (Fsp3) is 0.476. The van der Waals surface area contributed by atoms with E-state index in [9.17, 15) is 4.79 Å². The monoisotopic (exact) mass is 339 g/mol. The summed E-state index contributed by atoms with van der Waals surface area (Å²) < 4.78 is 2.27. The van der Waals surface area contributed by atoms with Crippen LogP contribution < -0.4 is 5.73 Å². The van der Waals surface area contributed by atoms with Crippen LogP contribution in [0.3, 0.4) is 0 Å². The van der Waals surface area contributed by atoms with Crippen molar-refractivity contribution in [3.8, 4) is 0 Å². The maximum atomic E-state index is 13.2. The van der Waals surface area contributed by atoms with Crippen LogP contribution in [-0.4, -0.2) is 34.5 Å². The first kappa shape index (κ1) is 17.7. The summed E-state index contributed by atoms with van der Waals surface area (Å²) in [4.78, 5) is 15.2. The average Bonchev–Trinajstić information content (AvgIpc) is 2.95. The van der Waals surface area contributed by atoms with Gasteiger partial charge < -0.3 is 15.2 Å². The van der Waals surface area contributed by atoms with E-state index in [2.05, 4.69) is 49.6 Å². The van der Waals surface area contributed by atoms with Crippen LogP contribution >= 0.6 is 0 Å². The van der Waals surface area contributed by atoms with Crippen molar-refractivity contribution in [3.05, 3.63) is 58.9 Å². The van der Waals surface area contributed by atoms with Gasteiger partial charge in [-0.15, -0.1) is 0 Å². The van der Waals surface area contributed by atoms with Gasteiger partial charge in [-0.05, 0) is 51.7 Å². The fourth-order valence-electron chi connectivity index (χ4n) is 4.14. The summed E-state index contributed by atoms with van der Waals surface area (Å²) in [7, 11) is 0. The number of benzene rings is 1. The van der Waals surface area contributed by atoms with E-state index in [1.165, 1.54) is 5.56 Å². The molecule has 2 unspecified atom stereocenters. The molecule has 1 amide bonds. The SMILES string of the molecule is Cc1cc(C(=O)N2CCCCC2CN)c(C)n1C(C)c1ccccc1. The Balaban J connectivity index is 1.92. The third kappa shape index (κ3) is 3.36. The zero-order valence-corrected chi connectivity index (χ0v) is 15.5. The lowest BCUT2D eigenvalue weighted by Gasteiger charge is -2.35. The summed E-state index contributed by atoms with van der Waals surface area (Å²) in [5.41, 5.74) is 10.1. The lowest BCUT2D eigenvalue weighted by Crippen LogP contribution is -2.47. The van der Waals surface area contributed by atoms with Gasteiger partial charge in [0.2, 0.25) is 0 Å². The Bertz CT molecular complexity index is 735. The van der Waals surface area contributed by atoms with E-state index < -0.39 is 0 Å². The number of carbonyl (C=O) groups is 1. The quantitative estimate of drug-likeness (QED) is 0.924. The summed E-state index contributed by atoms with van der Waals surface area (Å²) in [6, 6.07) is 12.9. The van der Waals surface area contributed by atoms with Gasteiger partial charge in [0, 0.05) is 30.5 Å². The first-order valence-electron chi connectivity index (χ1n) is 9.29. The second kappa shape index (κ2) is 7.44. The molecule has 0 radical (unpaired) electrons. The Hall–Kier alpha value is -2.07. The van der Waals surface area contributed by atoms with Crippen LogP contribution in [0.2, 0.25) is 0 Å². The van der Waals surface area contributed by atoms with Crippen LogP contribution in [0.4, 0.5) is 0 Å². The van der Waals surface area contributed by atoms with E-state index in [1.807, 2.05) is 17.0 Å². The number of carbonyl (C=O) groups excluding carboxylic acids is 1. The summed E-state index contributed by atoms with van der Waals surface area (Å²) in [5, 5.41) is 0. The van der Waals surface area contributed by atoms with Gasteiger partial charge in [0.05, 0.1) is 11.6 Å². The molecule has 1 aliphatic rings. The molecule has 2 N–H and O–H groups in total. The minimum atomic E-state index is 0.134. The molecular formula is C21H29N3O. The molecule has 3 rings (SSSR count). The maximum absolute atomic E-state index is 13.2. The number of nitrogens with zero attached hydrogens (tertiary/aromatic N) is 2. The third-order valence-corrected chi connectivity index (χ3v) is 5.54. The molecule has 2 atom stereocenters. The Kier molecular flexibility index (Phi) is 5.28. The van der Waals surface area contributed by atoms with Gasteiger partial charge in [0.1, 0.15) is 0 Å². The predicted octanol–water partition coefficient (Wildman–Crippen LogP) is 3.67. The first-order chi connectivity index (χ1) is 12.0. The molecule has 25 heavy (non-hydrogen) atoms. The summed E-state index contributed by atoms with van der Waals surface area (Å²) in [5.74, 6) is 0.134. The van der Waals surface area contributed by atoms with Gasteiger partial charge in [0.15, 0.2) is 0 Å². The van der Waals surface area contributed by atoms with Crippen molar-refractivity contribution in [1.29, 1.82) is 0 Å². The van der Waals surface area contributed by atoms with Crippen LogP contribution in [0.1, 0.15) is 59.5 Å². The topological polar surface area (TPSA) is 51.3 Å². The molecule has 0 spiro atoms. The van der Waals surface area contributed by atoms with E-state index in [0.717, 1.165) is 42.8 Å². The number of aryl methyl sites for hydroxylation is 1. The molecule has 2 heterocycles. The smallest absolute Gasteiger partial charge is 0.255 e. The fourth-order valence-corrected chi connectivity index (χ4v) is 4.14. The van der Waals surface area contributed by atoms with Crippen molar-refractivity contribution < 1.29 is 4.79 Å². The average molecular weight is 339 g/mol. The van der Waals surface area contributed by atoms with Crippen LogP contribution in [0, 0.1) is 13.8 Å². The van der Waals surface area contributed by atoms with Gasteiger partial charge in [0.25, 0.3) is 5.91 Å². The molecule has 1 aliphatic heterocycles. The normalized spacial score (nSPS) is 19.0. The van der Waals surface area contributed by atoms with E-state index in [0.29, 0.717) is 6.54 Å². The van der Waals surface area contributed by atoms with Crippen molar-refractivity contribution >= 4 is 5.91 Å². The molecule has 1 aromatic carbocycles. The van der Waals surface area contributed by atoms with Crippen LogP contribution in [-0.2, 0) is 0 Å². The lowest BCUT2D eigenvalue weighted by atomic mass is 10.0. The number of aromatic nitrogens is 1. The highest BCUT2D eigenvalue weighted by atomic mass is 16.2. The molecule has 1 fully saturated rings. The number of amides is 1. The number of likely N-dealkylation sites (tertiary alicyclic amines) is 1. The predicted molar refractivity (Wildman–Crippen MR) is 102 cm³/mol. The van der Waals surface area contributed by atoms with Gasteiger partial charge in [-0.3, -0.25) is 4.79 Å². The van der Waals surface area contributed by atoms with Crippen molar-refractivity contribution in [1.82, 2.24) is 9.47 Å². The van der Waals surface area contributed by atoms with E-state index in [1.54, 1.807) is 0 Å². The van der Waals surface area contributed by atoms with Crippen LogP contribution in [0.5, 0.6) is 0 Å².